The van der Waals surface area contributed by atoms with Crippen LogP contribution < -0.4 is 5.32 Å². The summed E-state index contributed by atoms with van der Waals surface area (Å²) in [7, 11) is 1.31. The topological polar surface area (TPSA) is 54.1 Å². The number of methoxy groups -OCH3 is 1. The number of aromatic amines is 1. The molecule has 102 valence electrons. The van der Waals surface area contributed by atoms with Crippen LogP contribution in [0.25, 0.3) is 10.9 Å². The van der Waals surface area contributed by atoms with Gasteiger partial charge in [-0.1, -0.05) is 18.2 Å². The minimum absolute atomic E-state index is 0.0760. The number of carbonyl (C=O) groups is 1. The van der Waals surface area contributed by atoms with E-state index in [9.17, 15) is 0 Å². The second-order valence-corrected chi connectivity index (χ2v) is 5.16. The van der Waals surface area contributed by atoms with Crippen molar-refractivity contribution < 1.29 is 9.53 Å². The van der Waals surface area contributed by atoms with Crippen LogP contribution in [0.5, 0.6) is 0 Å². The second kappa shape index (κ2) is 5.45. The smallest absolute Gasteiger partial charge is 0.292 e. The number of carbonyl (C=O) groups excluding carboxylic acids is 1. The monoisotopic (exact) mass is 260 g/mol. The average molecular weight is 260 g/mol. The maximum Gasteiger partial charge on any atom is 0.292 e. The van der Waals surface area contributed by atoms with Crippen molar-refractivity contribution in [3.63, 3.8) is 0 Å². The van der Waals surface area contributed by atoms with Crippen LogP contribution in [0.4, 0.5) is 0 Å². The predicted octanol–water partition coefficient (Wildman–Crippen LogP) is 2.34. The fraction of sp³-hybridized carbons (Fsp3) is 0.400. The van der Waals surface area contributed by atoms with Crippen LogP contribution in [0.1, 0.15) is 25.1 Å². The summed E-state index contributed by atoms with van der Waals surface area (Å²) in [4.78, 5) is 12.5. The van der Waals surface area contributed by atoms with E-state index < -0.39 is 0 Å². The number of hydrogen-bond acceptors (Lipinski definition) is 3. The number of aromatic nitrogens is 1. The van der Waals surface area contributed by atoms with E-state index in [1.807, 2.05) is 0 Å². The molecule has 0 amide bonds. The number of hydrogen-bond donors (Lipinski definition) is 2. The Morgan fingerprint density at radius 1 is 1.32 bits per heavy atom. The molecule has 0 radical (unpaired) electrons. The summed E-state index contributed by atoms with van der Waals surface area (Å²) >= 11 is 0. The second-order valence-electron chi connectivity index (χ2n) is 5.16. The van der Waals surface area contributed by atoms with Gasteiger partial charge in [-0.25, -0.2) is 0 Å². The molecule has 0 fully saturated rings. The van der Waals surface area contributed by atoms with Gasteiger partial charge in [0, 0.05) is 23.1 Å². The molecule has 2 aromatic rings. The van der Waals surface area contributed by atoms with E-state index in [1.54, 1.807) is 0 Å². The van der Waals surface area contributed by atoms with Crippen LogP contribution in [0.3, 0.4) is 0 Å². The van der Waals surface area contributed by atoms with Crippen molar-refractivity contribution in [3.05, 3.63) is 35.5 Å². The molecule has 0 aliphatic carbocycles. The largest absolute Gasteiger partial charge is 0.471 e. The highest BCUT2D eigenvalue weighted by Crippen LogP contribution is 2.32. The molecule has 0 saturated heterocycles. The Morgan fingerprint density at radius 3 is 2.68 bits per heavy atom. The molecule has 0 atom stereocenters. The Balaban J connectivity index is 0.000000297. The third kappa shape index (κ3) is 2.63. The molecule has 0 bridgehead atoms. The maximum atomic E-state index is 8.95. The SMILES string of the molecule is CC1(C)NCCc2c1[nH]c1ccccc21.COC=O. The molecule has 0 unspecified atom stereocenters. The first-order valence-corrected chi connectivity index (χ1v) is 6.41. The molecular formula is C15H20N2O2. The van der Waals surface area contributed by atoms with Gasteiger partial charge in [0.05, 0.1) is 12.6 Å². The van der Waals surface area contributed by atoms with E-state index in [0.717, 1.165) is 13.0 Å². The quantitative estimate of drug-likeness (QED) is 0.774. The average Bonchev–Trinajstić information content (AvgIpc) is 2.79. The Labute approximate surface area is 113 Å². The van der Waals surface area contributed by atoms with Gasteiger partial charge in [0.1, 0.15) is 0 Å². The summed E-state index contributed by atoms with van der Waals surface area (Å²) in [5.74, 6) is 0. The molecule has 1 aliphatic rings. The number of H-pyrrole nitrogens is 1. The highest BCUT2D eigenvalue weighted by molar-refractivity contribution is 5.85. The zero-order valence-electron chi connectivity index (χ0n) is 11.6. The number of nitrogens with one attached hydrogen (secondary N) is 2. The van der Waals surface area contributed by atoms with Crippen molar-refractivity contribution in [1.82, 2.24) is 10.3 Å². The number of ether oxygens (including phenoxy) is 1. The molecule has 2 N–H and O–H groups in total. The summed E-state index contributed by atoms with van der Waals surface area (Å²) < 4.78 is 3.86. The van der Waals surface area contributed by atoms with Crippen LogP contribution in [-0.2, 0) is 21.5 Å². The van der Waals surface area contributed by atoms with Crippen molar-refractivity contribution in [2.45, 2.75) is 25.8 Å². The van der Waals surface area contributed by atoms with E-state index in [-0.39, 0.29) is 5.54 Å². The lowest BCUT2D eigenvalue weighted by Gasteiger charge is -2.31. The first kappa shape index (κ1) is 13.6. The highest BCUT2D eigenvalue weighted by atomic mass is 16.5. The van der Waals surface area contributed by atoms with Crippen molar-refractivity contribution in [3.8, 4) is 0 Å². The summed E-state index contributed by atoms with van der Waals surface area (Å²) in [5, 5.41) is 4.94. The molecule has 19 heavy (non-hydrogen) atoms. The molecule has 1 aliphatic heterocycles. The normalized spacial score (nSPS) is 16.2. The summed E-state index contributed by atoms with van der Waals surface area (Å²) in [5.41, 5.74) is 4.19. The molecule has 4 nitrogen and oxygen atoms in total. The van der Waals surface area contributed by atoms with Gasteiger partial charge in [-0.2, -0.15) is 0 Å². The van der Waals surface area contributed by atoms with Crippen molar-refractivity contribution in [1.29, 1.82) is 0 Å². The van der Waals surface area contributed by atoms with Gasteiger partial charge in [-0.15, -0.1) is 0 Å². The number of benzene rings is 1. The first-order chi connectivity index (χ1) is 9.10. The van der Waals surface area contributed by atoms with Gasteiger partial charge in [-0.3, -0.25) is 4.79 Å². The van der Waals surface area contributed by atoms with Crippen LogP contribution >= 0.6 is 0 Å². The number of rotatable bonds is 1. The highest BCUT2D eigenvalue weighted by Gasteiger charge is 2.29. The number of fused-ring (bicyclic) bond motifs is 3. The Morgan fingerprint density at radius 2 is 2.00 bits per heavy atom. The minimum atomic E-state index is 0.0760. The summed E-state index contributed by atoms with van der Waals surface area (Å²) in [6.45, 7) is 5.92. The van der Waals surface area contributed by atoms with Gasteiger partial charge in [0.15, 0.2) is 0 Å². The fourth-order valence-corrected chi connectivity index (χ4v) is 2.58. The third-order valence-corrected chi connectivity index (χ3v) is 3.48. The standard InChI is InChI=1S/C13H16N2.C2H4O2/c1-13(2)12-10(7-8-14-13)9-5-3-4-6-11(9)15-12;1-4-2-3/h3-6,14-15H,7-8H2,1-2H3;2H,1H3. The zero-order chi connectivity index (χ0) is 13.9. The molecule has 3 rings (SSSR count). The van der Waals surface area contributed by atoms with E-state index in [0.29, 0.717) is 6.47 Å². The first-order valence-electron chi connectivity index (χ1n) is 6.41. The van der Waals surface area contributed by atoms with Gasteiger partial charge in [-0.05, 0) is 31.9 Å². The van der Waals surface area contributed by atoms with E-state index in [1.165, 1.54) is 29.3 Å². The zero-order valence-corrected chi connectivity index (χ0v) is 11.6. The van der Waals surface area contributed by atoms with Gasteiger partial charge >= 0.3 is 0 Å². The van der Waals surface area contributed by atoms with Crippen molar-refractivity contribution >= 4 is 17.4 Å². The summed E-state index contributed by atoms with van der Waals surface area (Å²) in [6.07, 6.45) is 1.13. The number of para-hydroxylation sites is 1. The Bertz CT molecular complexity index is 573. The molecule has 4 heteroatoms. The van der Waals surface area contributed by atoms with Crippen LogP contribution in [0.15, 0.2) is 24.3 Å². The van der Waals surface area contributed by atoms with E-state index in [2.05, 4.69) is 53.2 Å². The van der Waals surface area contributed by atoms with Crippen LogP contribution in [0.2, 0.25) is 0 Å². The van der Waals surface area contributed by atoms with E-state index in [4.69, 9.17) is 4.79 Å². The van der Waals surface area contributed by atoms with Gasteiger partial charge < -0.3 is 15.0 Å². The molecular weight excluding hydrogens is 240 g/mol. The Hall–Kier alpha value is -1.81. The lowest BCUT2D eigenvalue weighted by Crippen LogP contribution is -2.42. The fourth-order valence-electron chi connectivity index (χ4n) is 2.58. The van der Waals surface area contributed by atoms with Crippen LogP contribution in [-0.4, -0.2) is 25.1 Å². The maximum absolute atomic E-state index is 8.95. The molecule has 0 saturated carbocycles. The van der Waals surface area contributed by atoms with Crippen molar-refractivity contribution in [2.24, 2.45) is 0 Å². The molecule has 2 heterocycles. The predicted molar refractivity (Wildman–Crippen MR) is 76.1 cm³/mol. The molecule has 1 aromatic heterocycles. The lowest BCUT2D eigenvalue weighted by molar-refractivity contribution is -0.126. The van der Waals surface area contributed by atoms with E-state index >= 15 is 0 Å². The molecule has 1 aromatic carbocycles. The lowest BCUT2D eigenvalue weighted by atomic mass is 9.90. The third-order valence-electron chi connectivity index (χ3n) is 3.48. The van der Waals surface area contributed by atoms with Gasteiger partial charge in [0.25, 0.3) is 6.47 Å². The van der Waals surface area contributed by atoms with Gasteiger partial charge in [0.2, 0.25) is 0 Å². The minimum Gasteiger partial charge on any atom is -0.471 e. The van der Waals surface area contributed by atoms with Crippen LogP contribution in [0, 0.1) is 0 Å². The molecule has 0 spiro atoms. The summed E-state index contributed by atoms with van der Waals surface area (Å²) in [6, 6.07) is 8.58. The Kier molecular flexibility index (Phi) is 3.90. The van der Waals surface area contributed by atoms with Crippen molar-refractivity contribution in [2.75, 3.05) is 13.7 Å².